The summed E-state index contributed by atoms with van der Waals surface area (Å²) in [7, 11) is 0. The van der Waals surface area contributed by atoms with Gasteiger partial charge in [-0.1, -0.05) is 152 Å². The fraction of sp³-hybridized carbons (Fsp3) is 0. The molecule has 0 aliphatic rings. The van der Waals surface area contributed by atoms with Crippen molar-refractivity contribution in [2.75, 3.05) is 9.80 Å². The van der Waals surface area contributed by atoms with Gasteiger partial charge in [0.2, 0.25) is 0 Å². The van der Waals surface area contributed by atoms with Crippen LogP contribution in [0.5, 0.6) is 0 Å². The van der Waals surface area contributed by atoms with Crippen molar-refractivity contribution in [1.82, 2.24) is 9.97 Å². The molecule has 0 fully saturated rings. The van der Waals surface area contributed by atoms with E-state index in [0.29, 0.717) is 0 Å². The molecular formula is C70H46N4O2. The van der Waals surface area contributed by atoms with Crippen LogP contribution < -0.4 is 9.80 Å². The summed E-state index contributed by atoms with van der Waals surface area (Å²) in [6.45, 7) is 0. The van der Waals surface area contributed by atoms with Crippen molar-refractivity contribution in [3.05, 3.63) is 279 Å². The lowest BCUT2D eigenvalue weighted by Gasteiger charge is -2.26. The molecule has 76 heavy (non-hydrogen) atoms. The van der Waals surface area contributed by atoms with Gasteiger partial charge in [-0.3, -0.25) is 9.97 Å². The molecule has 0 spiro atoms. The van der Waals surface area contributed by atoms with Crippen LogP contribution in [0.4, 0.5) is 34.1 Å². The molecule has 0 atom stereocenters. The van der Waals surface area contributed by atoms with Crippen LogP contribution in [0.1, 0.15) is 0 Å². The molecule has 0 saturated carbocycles. The smallest absolute Gasteiger partial charge is 0.153 e. The van der Waals surface area contributed by atoms with Crippen LogP contribution in [0.2, 0.25) is 0 Å². The normalized spacial score (nSPS) is 11.4. The monoisotopic (exact) mass is 974 g/mol. The summed E-state index contributed by atoms with van der Waals surface area (Å²) in [5.74, 6) is 0. The second-order valence-electron chi connectivity index (χ2n) is 19.0. The van der Waals surface area contributed by atoms with E-state index in [-0.39, 0.29) is 0 Å². The quantitative estimate of drug-likeness (QED) is 0.129. The van der Waals surface area contributed by atoms with Gasteiger partial charge in [0.15, 0.2) is 11.2 Å². The molecule has 14 rings (SSSR count). The van der Waals surface area contributed by atoms with Gasteiger partial charge < -0.3 is 18.6 Å². The van der Waals surface area contributed by atoms with E-state index in [2.05, 4.69) is 256 Å². The third-order valence-electron chi connectivity index (χ3n) is 14.5. The number of furan rings is 2. The second kappa shape index (κ2) is 19.0. The predicted molar refractivity (Wildman–Crippen MR) is 313 cm³/mol. The minimum Gasteiger partial charge on any atom is -0.454 e. The number of para-hydroxylation sites is 1. The topological polar surface area (TPSA) is 58.5 Å². The van der Waals surface area contributed by atoms with Crippen molar-refractivity contribution in [2.24, 2.45) is 0 Å². The molecule has 0 amide bonds. The molecule has 358 valence electrons. The van der Waals surface area contributed by atoms with Gasteiger partial charge >= 0.3 is 0 Å². The number of hydrogen-bond acceptors (Lipinski definition) is 6. The Labute approximate surface area is 439 Å². The lowest BCUT2D eigenvalue weighted by molar-refractivity contribution is 0.667. The molecule has 6 nitrogen and oxygen atoms in total. The number of fused-ring (bicyclic) bond motifs is 6. The van der Waals surface area contributed by atoms with E-state index < -0.39 is 0 Å². The first-order valence-electron chi connectivity index (χ1n) is 25.5. The van der Waals surface area contributed by atoms with Crippen LogP contribution in [0.15, 0.2) is 288 Å². The number of hydrogen-bond donors (Lipinski definition) is 0. The van der Waals surface area contributed by atoms with Crippen molar-refractivity contribution >= 4 is 78.1 Å². The first kappa shape index (κ1) is 44.4. The zero-order chi connectivity index (χ0) is 50.4. The third kappa shape index (κ3) is 8.30. The molecular weight excluding hydrogens is 929 g/mol. The Kier molecular flexibility index (Phi) is 11.1. The number of nitrogens with zero attached hydrogens (tertiary/aromatic N) is 4. The number of anilines is 6. The molecule has 6 heteroatoms. The molecule has 14 aromatic rings. The molecule has 4 aromatic heterocycles. The van der Waals surface area contributed by atoms with E-state index in [0.717, 1.165) is 117 Å². The van der Waals surface area contributed by atoms with Gasteiger partial charge in [-0.15, -0.1) is 0 Å². The Morgan fingerprint density at radius 1 is 0.250 bits per heavy atom. The highest BCUT2D eigenvalue weighted by atomic mass is 16.3. The molecule has 0 saturated heterocycles. The first-order valence-corrected chi connectivity index (χ1v) is 25.5. The summed E-state index contributed by atoms with van der Waals surface area (Å²) in [5, 5.41) is 3.13. The Balaban J connectivity index is 0.728. The van der Waals surface area contributed by atoms with Gasteiger partial charge in [-0.05, 0) is 153 Å². The molecule has 0 unspecified atom stereocenters. The molecule has 0 N–H and O–H groups in total. The van der Waals surface area contributed by atoms with E-state index in [4.69, 9.17) is 8.83 Å². The molecule has 0 aliphatic heterocycles. The summed E-state index contributed by atoms with van der Waals surface area (Å²) >= 11 is 0. The highest BCUT2D eigenvalue weighted by Crippen LogP contribution is 2.42. The van der Waals surface area contributed by atoms with E-state index in [1.165, 1.54) is 16.7 Å². The summed E-state index contributed by atoms with van der Waals surface area (Å²) < 4.78 is 12.6. The maximum atomic E-state index is 6.35. The van der Waals surface area contributed by atoms with Crippen molar-refractivity contribution in [1.29, 1.82) is 0 Å². The summed E-state index contributed by atoms with van der Waals surface area (Å²) in [6.07, 6.45) is 5.40. The maximum absolute atomic E-state index is 6.35. The average molecular weight is 975 g/mol. The van der Waals surface area contributed by atoms with E-state index in [1.54, 1.807) is 6.20 Å². The van der Waals surface area contributed by atoms with Crippen molar-refractivity contribution < 1.29 is 8.83 Å². The van der Waals surface area contributed by atoms with Crippen LogP contribution in [0.3, 0.4) is 0 Å². The lowest BCUT2D eigenvalue weighted by atomic mass is 9.97. The predicted octanol–water partition coefficient (Wildman–Crippen LogP) is 19.6. The fourth-order valence-electron chi connectivity index (χ4n) is 10.6. The summed E-state index contributed by atoms with van der Waals surface area (Å²) in [5.41, 5.74) is 21.9. The molecule has 0 bridgehead atoms. The average Bonchev–Trinajstić information content (AvgIpc) is 4.07. The molecule has 0 aliphatic carbocycles. The summed E-state index contributed by atoms with van der Waals surface area (Å²) in [4.78, 5) is 13.4. The summed E-state index contributed by atoms with van der Waals surface area (Å²) in [6, 6.07) is 92.6. The van der Waals surface area contributed by atoms with Gasteiger partial charge in [-0.25, -0.2) is 0 Å². The van der Waals surface area contributed by atoms with Gasteiger partial charge in [-0.2, -0.15) is 0 Å². The van der Waals surface area contributed by atoms with Gasteiger partial charge in [0.05, 0.1) is 6.20 Å². The van der Waals surface area contributed by atoms with Crippen LogP contribution in [-0.4, -0.2) is 9.97 Å². The molecule has 4 heterocycles. The number of aromatic nitrogens is 2. The van der Waals surface area contributed by atoms with Crippen molar-refractivity contribution in [3.8, 4) is 55.6 Å². The highest BCUT2D eigenvalue weighted by molar-refractivity contribution is 6.06. The van der Waals surface area contributed by atoms with Crippen molar-refractivity contribution in [3.63, 3.8) is 0 Å². The zero-order valence-electron chi connectivity index (χ0n) is 41.2. The van der Waals surface area contributed by atoms with Crippen molar-refractivity contribution in [2.45, 2.75) is 0 Å². The van der Waals surface area contributed by atoms with Gasteiger partial charge in [0.1, 0.15) is 16.7 Å². The van der Waals surface area contributed by atoms with E-state index in [9.17, 15) is 0 Å². The second-order valence-corrected chi connectivity index (χ2v) is 19.0. The Bertz CT molecular complexity index is 4360. The maximum Gasteiger partial charge on any atom is 0.153 e. The van der Waals surface area contributed by atoms with Gasteiger partial charge in [0.25, 0.3) is 0 Å². The first-order chi connectivity index (χ1) is 37.6. The minimum absolute atomic E-state index is 0.775. The van der Waals surface area contributed by atoms with Crippen LogP contribution >= 0.6 is 0 Å². The Morgan fingerprint density at radius 3 is 1.18 bits per heavy atom. The highest BCUT2D eigenvalue weighted by Gasteiger charge is 2.19. The lowest BCUT2D eigenvalue weighted by Crippen LogP contribution is -2.09. The van der Waals surface area contributed by atoms with Gasteiger partial charge in [0, 0.05) is 74.8 Å². The SMILES string of the molecule is c1ccc(-c2ccc(-c3ccc(N(c4ccc(-c5cccc(-c6ccc(-c7ccc(N(c8ccccc8)c8ccc9c(c8)oc8cnccc89)cc7)cc6)c5)cc4)c4ccc5c(c4)oc4cccnc45)cc3)cc2)cc1. The number of rotatable bonds is 11. The Hall–Kier alpha value is -10.3. The van der Waals surface area contributed by atoms with Crippen LogP contribution in [-0.2, 0) is 0 Å². The van der Waals surface area contributed by atoms with Crippen LogP contribution in [0, 0.1) is 0 Å². The third-order valence-corrected chi connectivity index (χ3v) is 14.5. The number of pyridine rings is 2. The molecule has 10 aromatic carbocycles. The fourth-order valence-corrected chi connectivity index (χ4v) is 10.6. The largest absolute Gasteiger partial charge is 0.454 e. The van der Waals surface area contributed by atoms with E-state index in [1.807, 2.05) is 36.7 Å². The Morgan fingerprint density at radius 2 is 0.645 bits per heavy atom. The molecule has 0 radical (unpaired) electrons. The zero-order valence-corrected chi connectivity index (χ0v) is 41.2. The minimum atomic E-state index is 0.775. The standard InChI is InChI=1S/C70H46N4O2/c1-3-9-47(10-4-1)48-16-18-49(19-17-48)51-26-32-59(33-27-51)74(62-37-39-65-68(45-62)75-66-15-8-41-72-70(65)66)60-34-28-54(29-35-60)56-12-7-11-55(43-56)53-22-20-50(21-23-53)52-24-30-58(31-25-52)73(57-13-5-2-6-14-57)61-36-38-63-64-40-42-71-46-69(64)76-67(63)44-61/h1-46H. The van der Waals surface area contributed by atoms with E-state index >= 15 is 0 Å². The number of benzene rings is 10. The van der Waals surface area contributed by atoms with Crippen LogP contribution in [0.25, 0.3) is 99.6 Å².